The maximum atomic E-state index is 11.5. The van der Waals surface area contributed by atoms with Gasteiger partial charge in [0.2, 0.25) is 0 Å². The predicted octanol–water partition coefficient (Wildman–Crippen LogP) is 1.30. The molecule has 2 N–H and O–H groups in total. The summed E-state index contributed by atoms with van der Waals surface area (Å²) in [5.74, 6) is -1.20. The molecule has 0 fully saturated rings. The van der Waals surface area contributed by atoms with Gasteiger partial charge in [0.25, 0.3) is 0 Å². The summed E-state index contributed by atoms with van der Waals surface area (Å²) >= 11 is 0. The highest BCUT2D eigenvalue weighted by molar-refractivity contribution is 7.93. The Hall–Kier alpha value is -1.57. The number of ether oxygens (including phenoxy) is 1. The van der Waals surface area contributed by atoms with E-state index in [1.807, 2.05) is 0 Å². The quantitative estimate of drug-likeness (QED) is 0.765. The van der Waals surface area contributed by atoms with Crippen molar-refractivity contribution in [3.63, 3.8) is 0 Å². The first-order valence-corrected chi connectivity index (χ1v) is 7.95. The van der Waals surface area contributed by atoms with Crippen LogP contribution in [0.1, 0.15) is 33.6 Å². The molecule has 0 aromatic carbocycles. The van der Waals surface area contributed by atoms with Gasteiger partial charge in [-0.1, -0.05) is 6.08 Å². The third-order valence-electron chi connectivity index (χ3n) is 1.95. The molecule has 0 aliphatic heterocycles. The SMILES string of the molecule is CC(C)(C)OC(=O)NC(CCC=CS(C)(=O)=O)C(=O)O. The van der Waals surface area contributed by atoms with Crippen molar-refractivity contribution in [1.82, 2.24) is 5.32 Å². The van der Waals surface area contributed by atoms with Gasteiger partial charge in [-0.15, -0.1) is 0 Å². The standard InChI is InChI=1S/C12H21NO6S/c1-12(2,3)19-11(16)13-9(10(14)15)7-5-6-8-20(4,17)18/h6,8-9H,5,7H2,1-4H3,(H,13,16)(H,14,15). The largest absolute Gasteiger partial charge is 0.480 e. The lowest BCUT2D eigenvalue weighted by Gasteiger charge is -2.21. The molecule has 0 heterocycles. The summed E-state index contributed by atoms with van der Waals surface area (Å²) in [4.78, 5) is 22.4. The van der Waals surface area contributed by atoms with Crippen LogP contribution >= 0.6 is 0 Å². The summed E-state index contributed by atoms with van der Waals surface area (Å²) in [5, 5.41) is 12.2. The van der Waals surface area contributed by atoms with Crippen LogP contribution in [0, 0.1) is 0 Å². The molecule has 1 atom stereocenters. The maximum absolute atomic E-state index is 11.5. The van der Waals surface area contributed by atoms with Crippen molar-refractivity contribution in [3.8, 4) is 0 Å². The van der Waals surface area contributed by atoms with Gasteiger partial charge in [0.05, 0.1) is 0 Å². The minimum atomic E-state index is -3.23. The number of carbonyl (C=O) groups excluding carboxylic acids is 1. The van der Waals surface area contributed by atoms with Crippen LogP contribution in [-0.4, -0.2) is 43.5 Å². The fraction of sp³-hybridized carbons (Fsp3) is 0.667. The number of carboxylic acids is 1. The highest BCUT2D eigenvalue weighted by atomic mass is 32.2. The predicted molar refractivity (Wildman–Crippen MR) is 74.0 cm³/mol. The van der Waals surface area contributed by atoms with Gasteiger partial charge in [-0.2, -0.15) is 0 Å². The van der Waals surface area contributed by atoms with Crippen LogP contribution in [0.5, 0.6) is 0 Å². The minimum absolute atomic E-state index is 0.0700. The molecule has 116 valence electrons. The smallest absolute Gasteiger partial charge is 0.408 e. The van der Waals surface area contributed by atoms with Gasteiger partial charge < -0.3 is 15.2 Å². The normalized spacial score (nSPS) is 14.0. The Balaban J connectivity index is 4.42. The van der Waals surface area contributed by atoms with Crippen LogP contribution in [0.25, 0.3) is 0 Å². The molecule has 0 aliphatic rings. The summed E-state index contributed by atoms with van der Waals surface area (Å²) in [5.41, 5.74) is -0.719. The molecule has 0 aliphatic carbocycles. The Morgan fingerprint density at radius 2 is 1.90 bits per heavy atom. The molecule has 0 aromatic rings. The van der Waals surface area contributed by atoms with Gasteiger partial charge in [-0.05, 0) is 33.6 Å². The molecule has 0 aromatic heterocycles. The lowest BCUT2D eigenvalue weighted by Crippen LogP contribution is -2.43. The number of carbonyl (C=O) groups is 2. The van der Waals surface area contributed by atoms with Gasteiger partial charge in [0.15, 0.2) is 9.84 Å². The van der Waals surface area contributed by atoms with Gasteiger partial charge in [-0.25, -0.2) is 18.0 Å². The van der Waals surface area contributed by atoms with E-state index >= 15 is 0 Å². The van der Waals surface area contributed by atoms with E-state index in [1.54, 1.807) is 20.8 Å². The fourth-order valence-corrected chi connectivity index (χ4v) is 1.70. The van der Waals surface area contributed by atoms with Crippen molar-refractivity contribution >= 4 is 21.9 Å². The highest BCUT2D eigenvalue weighted by Crippen LogP contribution is 2.08. The van der Waals surface area contributed by atoms with E-state index < -0.39 is 33.5 Å². The van der Waals surface area contributed by atoms with Crippen molar-refractivity contribution in [2.45, 2.75) is 45.3 Å². The van der Waals surface area contributed by atoms with E-state index in [-0.39, 0.29) is 12.8 Å². The third-order valence-corrected chi connectivity index (χ3v) is 2.64. The first-order valence-electron chi connectivity index (χ1n) is 5.99. The molecular weight excluding hydrogens is 286 g/mol. The van der Waals surface area contributed by atoms with E-state index in [9.17, 15) is 18.0 Å². The number of sulfone groups is 1. The molecule has 20 heavy (non-hydrogen) atoms. The lowest BCUT2D eigenvalue weighted by atomic mass is 10.1. The summed E-state index contributed by atoms with van der Waals surface area (Å²) in [6.45, 7) is 4.99. The van der Waals surface area contributed by atoms with E-state index in [1.165, 1.54) is 6.08 Å². The first kappa shape index (κ1) is 18.4. The maximum Gasteiger partial charge on any atom is 0.408 e. The zero-order valence-corrected chi connectivity index (χ0v) is 12.9. The second kappa shape index (κ2) is 7.28. The molecule has 0 spiro atoms. The minimum Gasteiger partial charge on any atom is -0.480 e. The van der Waals surface area contributed by atoms with Crippen molar-refractivity contribution in [1.29, 1.82) is 0 Å². The Labute approximate surface area is 118 Å². The molecule has 0 saturated heterocycles. The number of allylic oxidation sites excluding steroid dienone is 1. The van der Waals surface area contributed by atoms with Crippen LogP contribution in [0.4, 0.5) is 4.79 Å². The van der Waals surface area contributed by atoms with Crippen LogP contribution in [0.2, 0.25) is 0 Å². The number of carboxylic acid groups (broad SMARTS) is 1. The molecule has 0 bridgehead atoms. The second-order valence-corrected chi connectivity index (χ2v) is 7.25. The van der Waals surface area contributed by atoms with Crippen LogP contribution < -0.4 is 5.32 Å². The van der Waals surface area contributed by atoms with Crippen LogP contribution in [0.15, 0.2) is 11.5 Å². The molecular formula is C12H21NO6S. The number of hydrogen-bond donors (Lipinski definition) is 2. The summed E-state index contributed by atoms with van der Waals surface area (Å²) < 4.78 is 26.7. The van der Waals surface area contributed by atoms with Gasteiger partial charge in [0.1, 0.15) is 11.6 Å². The van der Waals surface area contributed by atoms with Crippen molar-refractivity contribution < 1.29 is 27.9 Å². The van der Waals surface area contributed by atoms with Crippen molar-refractivity contribution in [3.05, 3.63) is 11.5 Å². The molecule has 8 heteroatoms. The molecule has 0 saturated carbocycles. The average Bonchev–Trinajstić information content (AvgIpc) is 2.17. The van der Waals surface area contributed by atoms with Gasteiger partial charge in [-0.3, -0.25) is 0 Å². The van der Waals surface area contributed by atoms with Gasteiger partial charge in [0, 0.05) is 11.7 Å². The average molecular weight is 307 g/mol. The van der Waals surface area contributed by atoms with Crippen LogP contribution in [0.3, 0.4) is 0 Å². The Morgan fingerprint density at radius 1 is 1.35 bits per heavy atom. The third kappa shape index (κ3) is 10.4. The molecule has 1 amide bonds. The number of rotatable bonds is 6. The monoisotopic (exact) mass is 307 g/mol. The number of aliphatic carboxylic acids is 1. The number of hydrogen-bond acceptors (Lipinski definition) is 5. The van der Waals surface area contributed by atoms with Crippen LogP contribution in [-0.2, 0) is 19.4 Å². The van der Waals surface area contributed by atoms with Crippen molar-refractivity contribution in [2.75, 3.05) is 6.26 Å². The van der Waals surface area contributed by atoms with Crippen molar-refractivity contribution in [2.24, 2.45) is 0 Å². The fourth-order valence-electron chi connectivity index (χ4n) is 1.21. The van der Waals surface area contributed by atoms with E-state index in [0.717, 1.165) is 11.7 Å². The zero-order valence-electron chi connectivity index (χ0n) is 12.0. The zero-order chi connectivity index (χ0) is 16.0. The van der Waals surface area contributed by atoms with E-state index in [2.05, 4.69) is 5.32 Å². The van der Waals surface area contributed by atoms with Gasteiger partial charge >= 0.3 is 12.1 Å². The Kier molecular flexibility index (Phi) is 6.70. The molecule has 0 rings (SSSR count). The van der Waals surface area contributed by atoms with E-state index in [4.69, 9.17) is 9.84 Å². The number of nitrogens with one attached hydrogen (secondary N) is 1. The highest BCUT2D eigenvalue weighted by Gasteiger charge is 2.23. The summed E-state index contributed by atoms with van der Waals surface area (Å²) in [7, 11) is -3.23. The topological polar surface area (TPSA) is 110 Å². The molecule has 1 unspecified atom stereocenters. The molecule has 0 radical (unpaired) electrons. The van der Waals surface area contributed by atoms with E-state index in [0.29, 0.717) is 0 Å². The Bertz CT molecular complexity index is 475. The number of amides is 1. The second-order valence-electron chi connectivity index (χ2n) is 5.32. The first-order chi connectivity index (χ1) is 8.91. The number of alkyl carbamates (subject to hydrolysis) is 1. The molecule has 7 nitrogen and oxygen atoms in total. The summed E-state index contributed by atoms with van der Waals surface area (Å²) in [6.07, 6.45) is 1.84. The lowest BCUT2D eigenvalue weighted by molar-refractivity contribution is -0.139. The summed E-state index contributed by atoms with van der Waals surface area (Å²) in [6, 6.07) is -1.13. The Morgan fingerprint density at radius 3 is 2.30 bits per heavy atom.